The molecule has 0 spiro atoms. The summed E-state index contributed by atoms with van der Waals surface area (Å²) >= 11 is 5.80. The van der Waals surface area contributed by atoms with Crippen LogP contribution < -0.4 is 0 Å². The molecule has 2 rings (SSSR count). The molecule has 1 amide bonds. The Hall–Kier alpha value is -1.35. The molecule has 0 saturated carbocycles. The number of hydrogen-bond acceptors (Lipinski definition) is 2. The molecule has 0 radical (unpaired) electrons. The molecule has 1 atom stereocenters. The van der Waals surface area contributed by atoms with Crippen molar-refractivity contribution in [3.63, 3.8) is 0 Å². The number of Topliss-reactive ketones (excluding diaryl/α,β-unsaturated/α-hetero) is 1. The summed E-state index contributed by atoms with van der Waals surface area (Å²) in [6.07, 6.45) is 1.26. The zero-order valence-electron chi connectivity index (χ0n) is 10.4. The third-order valence-corrected chi connectivity index (χ3v) is 3.65. The molecule has 1 heterocycles. The van der Waals surface area contributed by atoms with Crippen LogP contribution in [0.1, 0.15) is 30.1 Å². The molecule has 1 saturated heterocycles. The van der Waals surface area contributed by atoms with Crippen molar-refractivity contribution in [2.45, 2.75) is 19.8 Å². The molecule has 96 valence electrons. The second-order valence-electron chi connectivity index (χ2n) is 4.58. The van der Waals surface area contributed by atoms with Crippen LogP contribution in [0.25, 0.3) is 0 Å². The topological polar surface area (TPSA) is 37.4 Å². The normalized spacial score (nSPS) is 20.0. The molecule has 0 aliphatic carbocycles. The number of halogens is 1. The van der Waals surface area contributed by atoms with Gasteiger partial charge in [-0.2, -0.15) is 0 Å². The predicted octanol–water partition coefficient (Wildman–Crippen LogP) is 2.78. The lowest BCUT2D eigenvalue weighted by Crippen LogP contribution is -2.43. The number of nitrogens with zero attached hydrogens (tertiary/aromatic N) is 1. The van der Waals surface area contributed by atoms with Crippen LogP contribution >= 0.6 is 11.6 Å². The molecule has 1 aromatic carbocycles. The minimum Gasteiger partial charge on any atom is -0.337 e. The first-order valence-electron chi connectivity index (χ1n) is 6.19. The Morgan fingerprint density at radius 1 is 1.39 bits per heavy atom. The van der Waals surface area contributed by atoms with Crippen LogP contribution in [-0.2, 0) is 4.79 Å². The number of amides is 1. The minimum absolute atomic E-state index is 0.00463. The summed E-state index contributed by atoms with van der Waals surface area (Å²) in [5.41, 5.74) is 0.628. The van der Waals surface area contributed by atoms with E-state index in [1.807, 2.05) is 6.92 Å². The summed E-state index contributed by atoms with van der Waals surface area (Å²) in [6.45, 7) is 3.05. The maximum atomic E-state index is 12.3. The Morgan fingerprint density at radius 3 is 2.67 bits per heavy atom. The van der Waals surface area contributed by atoms with Crippen molar-refractivity contribution in [2.75, 3.05) is 13.1 Å². The number of hydrogen-bond donors (Lipinski definition) is 0. The van der Waals surface area contributed by atoms with Gasteiger partial charge in [0.05, 0.1) is 0 Å². The van der Waals surface area contributed by atoms with E-state index in [0.717, 1.165) is 6.42 Å². The molecular formula is C14H16ClNO2. The standard InChI is InChI=1S/C14H16ClNO2/c1-2-10-9-16(8-7-13(10)17)14(18)11-3-5-12(15)6-4-11/h3-6,10H,2,7-9H2,1H3. The lowest BCUT2D eigenvalue weighted by atomic mass is 9.93. The highest BCUT2D eigenvalue weighted by molar-refractivity contribution is 6.30. The van der Waals surface area contributed by atoms with Gasteiger partial charge in [0.15, 0.2) is 0 Å². The molecule has 0 N–H and O–H groups in total. The van der Waals surface area contributed by atoms with E-state index in [1.165, 1.54) is 0 Å². The van der Waals surface area contributed by atoms with Crippen LogP contribution in [0.3, 0.4) is 0 Å². The van der Waals surface area contributed by atoms with E-state index in [9.17, 15) is 9.59 Å². The van der Waals surface area contributed by atoms with Crippen molar-refractivity contribution in [1.29, 1.82) is 0 Å². The smallest absolute Gasteiger partial charge is 0.253 e. The van der Waals surface area contributed by atoms with Crippen molar-refractivity contribution in [2.24, 2.45) is 5.92 Å². The summed E-state index contributed by atoms with van der Waals surface area (Å²) in [5, 5.41) is 0.617. The Balaban J connectivity index is 2.10. The van der Waals surface area contributed by atoms with Crippen LogP contribution in [0.5, 0.6) is 0 Å². The van der Waals surface area contributed by atoms with Gasteiger partial charge >= 0.3 is 0 Å². The number of piperidine rings is 1. The van der Waals surface area contributed by atoms with Crippen LogP contribution in [0.4, 0.5) is 0 Å². The third kappa shape index (κ3) is 2.72. The summed E-state index contributed by atoms with van der Waals surface area (Å²) in [6, 6.07) is 6.87. The first kappa shape index (κ1) is 13.1. The summed E-state index contributed by atoms with van der Waals surface area (Å²) in [5.74, 6) is 0.255. The molecule has 0 bridgehead atoms. The second kappa shape index (κ2) is 5.53. The molecule has 0 aromatic heterocycles. The number of rotatable bonds is 2. The highest BCUT2D eigenvalue weighted by Gasteiger charge is 2.28. The lowest BCUT2D eigenvalue weighted by Gasteiger charge is -2.31. The number of carbonyl (C=O) groups is 2. The fraction of sp³-hybridized carbons (Fsp3) is 0.429. The van der Waals surface area contributed by atoms with E-state index in [1.54, 1.807) is 29.2 Å². The average molecular weight is 266 g/mol. The van der Waals surface area contributed by atoms with E-state index in [2.05, 4.69) is 0 Å². The van der Waals surface area contributed by atoms with Gasteiger partial charge in [-0.3, -0.25) is 9.59 Å². The zero-order chi connectivity index (χ0) is 13.1. The molecule has 1 fully saturated rings. The fourth-order valence-corrected chi connectivity index (χ4v) is 2.35. The fourth-order valence-electron chi connectivity index (χ4n) is 2.22. The van der Waals surface area contributed by atoms with Crippen LogP contribution in [0.15, 0.2) is 24.3 Å². The summed E-state index contributed by atoms with van der Waals surface area (Å²) in [7, 11) is 0. The van der Waals surface area contributed by atoms with E-state index < -0.39 is 0 Å². The number of benzene rings is 1. The summed E-state index contributed by atoms with van der Waals surface area (Å²) in [4.78, 5) is 25.6. The van der Waals surface area contributed by atoms with E-state index >= 15 is 0 Å². The maximum absolute atomic E-state index is 12.3. The van der Waals surface area contributed by atoms with Gasteiger partial charge in [0.1, 0.15) is 5.78 Å². The Labute approximate surface area is 112 Å². The highest BCUT2D eigenvalue weighted by Crippen LogP contribution is 2.19. The molecule has 1 aliphatic heterocycles. The van der Waals surface area contributed by atoms with Crippen molar-refractivity contribution in [3.05, 3.63) is 34.9 Å². The molecule has 1 aliphatic rings. The maximum Gasteiger partial charge on any atom is 0.253 e. The molecule has 3 nitrogen and oxygen atoms in total. The van der Waals surface area contributed by atoms with E-state index in [0.29, 0.717) is 30.1 Å². The van der Waals surface area contributed by atoms with Gasteiger partial charge in [-0.15, -0.1) is 0 Å². The Morgan fingerprint density at radius 2 is 2.06 bits per heavy atom. The van der Waals surface area contributed by atoms with Crippen LogP contribution in [-0.4, -0.2) is 29.7 Å². The Kier molecular flexibility index (Phi) is 4.02. The van der Waals surface area contributed by atoms with E-state index in [4.69, 9.17) is 11.6 Å². The minimum atomic E-state index is -0.0161. The predicted molar refractivity (Wildman–Crippen MR) is 70.8 cm³/mol. The summed E-state index contributed by atoms with van der Waals surface area (Å²) < 4.78 is 0. The lowest BCUT2D eigenvalue weighted by molar-refractivity contribution is -0.125. The number of carbonyl (C=O) groups excluding carboxylic acids is 2. The first-order valence-corrected chi connectivity index (χ1v) is 6.57. The van der Waals surface area contributed by atoms with Crippen LogP contribution in [0, 0.1) is 5.92 Å². The first-order chi connectivity index (χ1) is 8.61. The molecule has 1 unspecified atom stereocenters. The van der Waals surface area contributed by atoms with Gasteiger partial charge in [-0.1, -0.05) is 18.5 Å². The quantitative estimate of drug-likeness (QED) is 0.825. The van der Waals surface area contributed by atoms with Gasteiger partial charge in [0.2, 0.25) is 0 Å². The molecule has 18 heavy (non-hydrogen) atoms. The van der Waals surface area contributed by atoms with Crippen LogP contribution in [0.2, 0.25) is 5.02 Å². The van der Waals surface area contributed by atoms with Crippen molar-refractivity contribution in [3.8, 4) is 0 Å². The average Bonchev–Trinajstić information content (AvgIpc) is 2.39. The van der Waals surface area contributed by atoms with Crippen molar-refractivity contribution >= 4 is 23.3 Å². The van der Waals surface area contributed by atoms with Gasteiger partial charge in [-0.05, 0) is 30.7 Å². The molecular weight excluding hydrogens is 250 g/mol. The van der Waals surface area contributed by atoms with Gasteiger partial charge in [0.25, 0.3) is 5.91 Å². The number of ketones is 1. The van der Waals surface area contributed by atoms with Crippen molar-refractivity contribution < 1.29 is 9.59 Å². The van der Waals surface area contributed by atoms with Gasteiger partial charge in [0, 0.05) is 36.0 Å². The number of likely N-dealkylation sites (tertiary alicyclic amines) is 1. The monoisotopic (exact) mass is 265 g/mol. The molecule has 1 aromatic rings. The second-order valence-corrected chi connectivity index (χ2v) is 5.02. The van der Waals surface area contributed by atoms with E-state index in [-0.39, 0.29) is 17.6 Å². The third-order valence-electron chi connectivity index (χ3n) is 3.40. The Bertz CT molecular complexity index is 455. The largest absolute Gasteiger partial charge is 0.337 e. The SMILES string of the molecule is CCC1CN(C(=O)c2ccc(Cl)cc2)CCC1=O. The zero-order valence-corrected chi connectivity index (χ0v) is 11.1. The molecule has 4 heteroatoms. The van der Waals surface area contributed by atoms with Gasteiger partial charge in [-0.25, -0.2) is 0 Å². The highest BCUT2D eigenvalue weighted by atomic mass is 35.5. The van der Waals surface area contributed by atoms with Crippen molar-refractivity contribution in [1.82, 2.24) is 4.90 Å². The van der Waals surface area contributed by atoms with Gasteiger partial charge < -0.3 is 4.90 Å².